The van der Waals surface area contributed by atoms with E-state index < -0.39 is 5.54 Å². The van der Waals surface area contributed by atoms with E-state index in [2.05, 4.69) is 5.32 Å². The van der Waals surface area contributed by atoms with E-state index in [1.807, 2.05) is 13.2 Å². The summed E-state index contributed by atoms with van der Waals surface area (Å²) in [5.41, 5.74) is -0.464. The van der Waals surface area contributed by atoms with Crippen molar-refractivity contribution in [2.45, 2.75) is 26.3 Å². The number of hydrogen-bond donors (Lipinski definition) is 1. The zero-order valence-corrected chi connectivity index (χ0v) is 5.62. The average molecular weight is 114 g/mol. The van der Waals surface area contributed by atoms with E-state index >= 15 is 0 Å². The molecule has 2 nitrogen and oxygen atoms in total. The summed E-state index contributed by atoms with van der Waals surface area (Å²) in [6, 6.07) is 0. The molecule has 0 spiro atoms. The van der Waals surface area contributed by atoms with Crippen molar-refractivity contribution >= 4 is 6.29 Å². The highest BCUT2D eigenvalue weighted by molar-refractivity contribution is 5.63. The van der Waals surface area contributed by atoms with Crippen LogP contribution in [-0.4, -0.2) is 18.4 Å². The van der Waals surface area contributed by atoms with Crippen LogP contribution in [0, 0.1) is 0 Å². The number of carbonyl (C=O) groups excluding carboxylic acids is 1. The largest absolute Gasteiger partial charge is 0.305 e. The first-order chi connectivity index (χ1) is 3.62. The van der Waals surface area contributed by atoms with Gasteiger partial charge in [-0.15, -0.1) is 0 Å². The summed E-state index contributed by atoms with van der Waals surface area (Å²) in [5, 5.41) is 2.95. The van der Waals surface area contributed by atoms with Crippen molar-refractivity contribution in [1.82, 2.24) is 5.32 Å². The molecule has 0 aromatic carbocycles. The van der Waals surface area contributed by atoms with Gasteiger partial charge in [0, 0.05) is 0 Å². The molecular weight excluding hydrogens is 102 g/mol. The van der Waals surface area contributed by atoms with E-state index in [0.717, 1.165) is 6.54 Å². The van der Waals surface area contributed by atoms with Crippen molar-refractivity contribution in [2.24, 2.45) is 0 Å². The van der Waals surface area contributed by atoms with E-state index in [1.165, 1.54) is 0 Å². The molecule has 0 saturated heterocycles. The van der Waals surface area contributed by atoms with Gasteiger partial charge in [-0.3, -0.25) is 4.79 Å². The predicted molar refractivity (Wildman–Crippen MR) is 33.4 cm³/mol. The number of hydrogen-bond acceptors (Lipinski definition) is 2. The molecule has 0 heterocycles. The average Bonchev–Trinajstić information content (AvgIpc) is 1.67. The second-order valence-corrected chi connectivity index (χ2v) is 2.26. The van der Waals surface area contributed by atoms with Crippen molar-refractivity contribution in [2.75, 3.05) is 6.54 Å². The van der Waals surface area contributed by atoms with Gasteiger partial charge in [-0.1, -0.05) is 6.92 Å². The molecule has 2 heteroatoms. The fraction of sp³-hybridized carbons (Fsp3) is 0.833. The van der Waals surface area contributed by atoms with Gasteiger partial charge in [0.05, 0.1) is 5.54 Å². The molecule has 0 bridgehead atoms. The Hall–Kier alpha value is -0.370. The summed E-state index contributed by atoms with van der Waals surface area (Å²) in [6.45, 7) is 6.36. The van der Waals surface area contributed by atoms with Crippen molar-refractivity contribution < 1.29 is 4.79 Å². The van der Waals surface area contributed by atoms with Crippen LogP contribution in [0.5, 0.6) is 0 Å². The lowest BCUT2D eigenvalue weighted by Gasteiger charge is -2.15. The van der Waals surface area contributed by atoms with Gasteiger partial charge < -0.3 is 5.32 Å². The van der Waals surface area contributed by atoms with Gasteiger partial charge in [-0.25, -0.2) is 0 Å². The minimum atomic E-state index is -0.464. The van der Waals surface area contributed by atoms with Crippen LogP contribution in [0.25, 0.3) is 0 Å². The minimum Gasteiger partial charge on any atom is -0.305 e. The first-order valence-electron chi connectivity index (χ1n) is 2.76. The molecule has 1 N–H and O–H groups in total. The molecule has 1 radical (unpaired) electrons. The molecule has 0 aliphatic carbocycles. The Morgan fingerprint density at radius 3 is 2.25 bits per heavy atom. The molecule has 0 rings (SSSR count). The maximum atomic E-state index is 10.0. The number of nitrogens with one attached hydrogen (secondary N) is 1. The third-order valence-electron chi connectivity index (χ3n) is 0.874. The van der Waals surface area contributed by atoms with Crippen LogP contribution in [-0.2, 0) is 4.79 Å². The first-order valence-corrected chi connectivity index (χ1v) is 2.76. The molecule has 0 saturated carbocycles. The Morgan fingerprint density at radius 1 is 1.62 bits per heavy atom. The third kappa shape index (κ3) is 2.75. The lowest BCUT2D eigenvalue weighted by Crippen LogP contribution is -2.40. The standard InChI is InChI=1S/C6H12NO/c1-4-7-6(2,3)5-8/h7H,4H2,1-3H3. The summed E-state index contributed by atoms with van der Waals surface area (Å²) in [5.74, 6) is 0. The van der Waals surface area contributed by atoms with Crippen LogP contribution < -0.4 is 5.32 Å². The van der Waals surface area contributed by atoms with Crippen LogP contribution in [0.2, 0.25) is 0 Å². The maximum Gasteiger partial charge on any atom is 0.219 e. The first kappa shape index (κ1) is 7.63. The van der Waals surface area contributed by atoms with E-state index in [0.29, 0.717) is 0 Å². The smallest absolute Gasteiger partial charge is 0.219 e. The van der Waals surface area contributed by atoms with Crippen LogP contribution in [0.15, 0.2) is 0 Å². The lowest BCUT2D eigenvalue weighted by molar-refractivity contribution is 0.461. The Labute approximate surface area is 50.3 Å². The van der Waals surface area contributed by atoms with Crippen LogP contribution in [0.3, 0.4) is 0 Å². The summed E-state index contributed by atoms with van der Waals surface area (Å²) < 4.78 is 0. The molecule has 0 aliphatic rings. The summed E-state index contributed by atoms with van der Waals surface area (Å²) in [7, 11) is 0. The van der Waals surface area contributed by atoms with Crippen LogP contribution in [0.4, 0.5) is 0 Å². The zero-order valence-electron chi connectivity index (χ0n) is 5.62. The second-order valence-electron chi connectivity index (χ2n) is 2.26. The van der Waals surface area contributed by atoms with Gasteiger partial charge in [0.25, 0.3) is 0 Å². The van der Waals surface area contributed by atoms with Gasteiger partial charge in [-0.2, -0.15) is 0 Å². The highest BCUT2D eigenvalue weighted by Crippen LogP contribution is 1.93. The molecule has 0 aromatic rings. The fourth-order valence-corrected chi connectivity index (χ4v) is 0.478. The van der Waals surface area contributed by atoms with Gasteiger partial charge >= 0.3 is 0 Å². The molecule has 0 unspecified atom stereocenters. The lowest BCUT2D eigenvalue weighted by atomic mass is 10.1. The summed E-state index contributed by atoms with van der Waals surface area (Å²) in [6.07, 6.45) is 1.88. The number of rotatable bonds is 3. The minimum absolute atomic E-state index is 0.464. The molecular formula is C6H12NO. The fourth-order valence-electron chi connectivity index (χ4n) is 0.478. The topological polar surface area (TPSA) is 29.1 Å². The maximum absolute atomic E-state index is 10.0. The van der Waals surface area contributed by atoms with Gasteiger partial charge in [0.2, 0.25) is 6.29 Å². The monoisotopic (exact) mass is 114 g/mol. The Bertz CT molecular complexity index is 78.6. The van der Waals surface area contributed by atoms with Crippen molar-refractivity contribution in [3.8, 4) is 0 Å². The van der Waals surface area contributed by atoms with Crippen molar-refractivity contribution in [1.29, 1.82) is 0 Å². The van der Waals surface area contributed by atoms with E-state index in [1.54, 1.807) is 13.8 Å². The molecule has 8 heavy (non-hydrogen) atoms. The molecule has 0 atom stereocenters. The Morgan fingerprint density at radius 2 is 2.12 bits per heavy atom. The van der Waals surface area contributed by atoms with E-state index in [-0.39, 0.29) is 0 Å². The quantitative estimate of drug-likeness (QED) is 0.578. The predicted octanol–water partition coefficient (Wildman–Crippen LogP) is 0.484. The van der Waals surface area contributed by atoms with Gasteiger partial charge in [-0.05, 0) is 20.4 Å². The van der Waals surface area contributed by atoms with E-state index in [9.17, 15) is 4.79 Å². The molecule has 47 valence electrons. The van der Waals surface area contributed by atoms with E-state index in [4.69, 9.17) is 0 Å². The SMILES string of the molecule is CCNC(C)(C)[C]=O. The normalized spacial score (nSPS) is 11.4. The Kier molecular flexibility index (Phi) is 2.69. The molecule has 0 amide bonds. The van der Waals surface area contributed by atoms with Gasteiger partial charge in [0.15, 0.2) is 0 Å². The third-order valence-corrected chi connectivity index (χ3v) is 0.874. The second kappa shape index (κ2) is 2.82. The molecule has 0 fully saturated rings. The number of likely N-dealkylation sites (N-methyl/N-ethyl adjacent to an activating group) is 1. The van der Waals surface area contributed by atoms with Crippen LogP contribution >= 0.6 is 0 Å². The van der Waals surface area contributed by atoms with Crippen molar-refractivity contribution in [3.05, 3.63) is 0 Å². The highest BCUT2D eigenvalue weighted by Gasteiger charge is 2.13. The summed E-state index contributed by atoms with van der Waals surface area (Å²) in [4.78, 5) is 10.0. The van der Waals surface area contributed by atoms with Crippen LogP contribution in [0.1, 0.15) is 20.8 Å². The highest BCUT2D eigenvalue weighted by atomic mass is 16.1. The molecule has 0 aliphatic heterocycles. The van der Waals surface area contributed by atoms with Gasteiger partial charge in [0.1, 0.15) is 0 Å². The zero-order chi connectivity index (χ0) is 6.62. The Balaban J connectivity index is 3.53. The van der Waals surface area contributed by atoms with Crippen molar-refractivity contribution in [3.63, 3.8) is 0 Å². The molecule has 0 aromatic heterocycles. The summed E-state index contributed by atoms with van der Waals surface area (Å²) >= 11 is 0.